The van der Waals surface area contributed by atoms with Crippen molar-refractivity contribution in [3.05, 3.63) is 11.5 Å². The lowest BCUT2D eigenvalue weighted by Crippen LogP contribution is -2.27. The van der Waals surface area contributed by atoms with Gasteiger partial charge in [0, 0.05) is 24.7 Å². The van der Waals surface area contributed by atoms with E-state index < -0.39 is 21.1 Å². The van der Waals surface area contributed by atoms with Gasteiger partial charge in [0.25, 0.3) is 0 Å². The van der Waals surface area contributed by atoms with E-state index >= 15 is 0 Å². The Morgan fingerprint density at radius 2 is 1.93 bits per heavy atom. The average molecular weight is 220 g/mol. The van der Waals surface area contributed by atoms with Gasteiger partial charge in [-0.2, -0.15) is 0 Å². The van der Waals surface area contributed by atoms with Crippen LogP contribution in [0.2, 0.25) is 0 Å². The molecule has 5 nitrogen and oxygen atoms in total. The summed E-state index contributed by atoms with van der Waals surface area (Å²) >= 11 is 0. The van der Waals surface area contributed by atoms with Gasteiger partial charge in [0.05, 0.1) is 5.25 Å². The second-order valence-electron chi connectivity index (χ2n) is 3.04. The molecule has 80 valence electrons. The Bertz CT molecular complexity index is 324. The molecule has 0 aliphatic carbocycles. The van der Waals surface area contributed by atoms with Crippen LogP contribution in [0.5, 0.6) is 0 Å². The van der Waals surface area contributed by atoms with Crippen LogP contribution < -0.4 is 0 Å². The Morgan fingerprint density at radius 3 is 2.43 bits per heavy atom. The van der Waals surface area contributed by atoms with Crippen molar-refractivity contribution >= 4 is 15.8 Å². The van der Waals surface area contributed by atoms with Crippen LogP contribution in [0.1, 0.15) is 12.8 Å². The van der Waals surface area contributed by atoms with Gasteiger partial charge in [-0.15, -0.1) is 0 Å². The topological polar surface area (TPSA) is 80.7 Å². The number of carboxylic acids is 1. The highest BCUT2D eigenvalue weighted by Crippen LogP contribution is 2.17. The van der Waals surface area contributed by atoms with Crippen LogP contribution in [0.15, 0.2) is 11.5 Å². The molecule has 0 bridgehead atoms. The third-order valence-electron chi connectivity index (χ3n) is 2.03. The van der Waals surface area contributed by atoms with Crippen molar-refractivity contribution in [2.45, 2.75) is 18.1 Å². The summed E-state index contributed by atoms with van der Waals surface area (Å²) < 4.78 is 28.0. The molecule has 14 heavy (non-hydrogen) atoms. The number of rotatable bonds is 3. The summed E-state index contributed by atoms with van der Waals surface area (Å²) in [6, 6.07) is 0. The summed E-state index contributed by atoms with van der Waals surface area (Å²) in [5.41, 5.74) is 0. The van der Waals surface area contributed by atoms with E-state index in [1.165, 1.54) is 0 Å². The minimum Gasteiger partial charge on any atom is -0.478 e. The highest BCUT2D eigenvalue weighted by atomic mass is 32.2. The molecular weight excluding hydrogens is 208 g/mol. The fourth-order valence-corrected chi connectivity index (χ4v) is 2.65. The molecule has 6 heteroatoms. The number of sulfone groups is 1. The van der Waals surface area contributed by atoms with E-state index in [9.17, 15) is 13.2 Å². The number of carboxylic acid groups (broad SMARTS) is 1. The predicted octanol–water partition coefficient (Wildman–Crippen LogP) is 0.178. The van der Waals surface area contributed by atoms with Gasteiger partial charge < -0.3 is 9.84 Å². The first-order chi connectivity index (χ1) is 6.52. The third-order valence-corrected chi connectivity index (χ3v) is 3.95. The third kappa shape index (κ3) is 3.12. The molecule has 1 heterocycles. The second kappa shape index (κ2) is 4.56. The van der Waals surface area contributed by atoms with Crippen LogP contribution in [0.4, 0.5) is 0 Å². The van der Waals surface area contributed by atoms with E-state index in [2.05, 4.69) is 0 Å². The van der Waals surface area contributed by atoms with Crippen LogP contribution in [0.3, 0.4) is 0 Å². The molecule has 0 spiro atoms. The summed E-state index contributed by atoms with van der Waals surface area (Å²) in [7, 11) is -3.42. The molecule has 0 aromatic rings. The zero-order chi connectivity index (χ0) is 10.6. The monoisotopic (exact) mass is 220 g/mol. The van der Waals surface area contributed by atoms with Crippen molar-refractivity contribution in [1.82, 2.24) is 0 Å². The van der Waals surface area contributed by atoms with E-state index in [0.29, 0.717) is 32.1 Å². The fourth-order valence-electron chi connectivity index (χ4n) is 1.27. The van der Waals surface area contributed by atoms with Crippen LogP contribution in [0.25, 0.3) is 0 Å². The lowest BCUT2D eigenvalue weighted by Gasteiger charge is -2.20. The smallest absolute Gasteiger partial charge is 0.329 e. The highest BCUT2D eigenvalue weighted by Gasteiger charge is 2.25. The molecule has 0 amide bonds. The minimum absolute atomic E-state index is 0.421. The summed E-state index contributed by atoms with van der Waals surface area (Å²) in [4.78, 5) is 10.2. The van der Waals surface area contributed by atoms with Crippen LogP contribution in [-0.4, -0.2) is 38.0 Å². The largest absolute Gasteiger partial charge is 0.478 e. The van der Waals surface area contributed by atoms with Crippen LogP contribution in [-0.2, 0) is 19.4 Å². The molecular formula is C8H12O5S. The van der Waals surface area contributed by atoms with E-state index in [0.717, 1.165) is 5.41 Å². The zero-order valence-electron chi connectivity index (χ0n) is 7.55. The van der Waals surface area contributed by atoms with Crippen molar-refractivity contribution in [2.75, 3.05) is 13.2 Å². The molecule has 1 rings (SSSR count). The van der Waals surface area contributed by atoms with Crippen molar-refractivity contribution in [2.24, 2.45) is 0 Å². The maximum atomic E-state index is 11.5. The Hall–Kier alpha value is -0.880. The Balaban J connectivity index is 2.68. The number of ether oxygens (including phenoxy) is 1. The molecule has 0 aromatic heterocycles. The standard InChI is InChI=1S/C8H12O5S/c9-8(10)3-6-14(11,12)7-1-4-13-5-2-7/h3,6-7H,1-2,4-5H2,(H,9,10)/b6-3+. The predicted molar refractivity (Wildman–Crippen MR) is 49.5 cm³/mol. The van der Waals surface area contributed by atoms with Gasteiger partial charge in [0.2, 0.25) is 0 Å². The maximum Gasteiger partial charge on any atom is 0.329 e. The normalized spacial score (nSPS) is 20.0. The van der Waals surface area contributed by atoms with Crippen molar-refractivity contribution in [3.8, 4) is 0 Å². The first-order valence-electron chi connectivity index (χ1n) is 4.25. The zero-order valence-corrected chi connectivity index (χ0v) is 8.37. The van der Waals surface area contributed by atoms with Gasteiger partial charge in [-0.3, -0.25) is 0 Å². The molecule has 0 aromatic carbocycles. The first kappa shape index (κ1) is 11.2. The van der Waals surface area contributed by atoms with Gasteiger partial charge in [-0.1, -0.05) is 0 Å². The van der Waals surface area contributed by atoms with E-state index in [1.54, 1.807) is 0 Å². The van der Waals surface area contributed by atoms with Gasteiger partial charge in [-0.05, 0) is 12.8 Å². The van der Waals surface area contributed by atoms with Crippen molar-refractivity contribution < 1.29 is 23.1 Å². The molecule has 1 saturated heterocycles. The molecule has 0 radical (unpaired) electrons. The second-order valence-corrected chi connectivity index (χ2v) is 5.16. The summed E-state index contributed by atoms with van der Waals surface area (Å²) in [6.07, 6.45) is 1.53. The fraction of sp³-hybridized carbons (Fsp3) is 0.625. The molecule has 1 fully saturated rings. The molecule has 1 N–H and O–H groups in total. The van der Waals surface area contributed by atoms with Crippen molar-refractivity contribution in [3.63, 3.8) is 0 Å². The van der Waals surface area contributed by atoms with Crippen LogP contribution >= 0.6 is 0 Å². The SMILES string of the molecule is O=C(O)/C=C/S(=O)(=O)C1CCOCC1. The van der Waals surface area contributed by atoms with E-state index in [4.69, 9.17) is 9.84 Å². The first-order valence-corrected chi connectivity index (χ1v) is 5.86. The Labute approximate surface area is 82.3 Å². The number of carbonyl (C=O) groups is 1. The lowest BCUT2D eigenvalue weighted by atomic mass is 10.2. The Kier molecular flexibility index (Phi) is 3.65. The molecule has 0 atom stereocenters. The number of hydrogen-bond donors (Lipinski definition) is 1. The van der Waals surface area contributed by atoms with Crippen LogP contribution in [0, 0.1) is 0 Å². The van der Waals surface area contributed by atoms with Gasteiger partial charge >= 0.3 is 5.97 Å². The van der Waals surface area contributed by atoms with Gasteiger partial charge in [0.1, 0.15) is 0 Å². The maximum absolute atomic E-state index is 11.5. The van der Waals surface area contributed by atoms with Crippen molar-refractivity contribution in [1.29, 1.82) is 0 Å². The average Bonchev–Trinajstić information content (AvgIpc) is 2.16. The van der Waals surface area contributed by atoms with E-state index in [1.807, 2.05) is 0 Å². The summed E-state index contributed by atoms with van der Waals surface area (Å²) in [6.45, 7) is 0.843. The Morgan fingerprint density at radius 1 is 1.36 bits per heavy atom. The molecule has 1 aliphatic heterocycles. The number of hydrogen-bond acceptors (Lipinski definition) is 4. The minimum atomic E-state index is -3.42. The number of aliphatic carboxylic acids is 1. The lowest BCUT2D eigenvalue weighted by molar-refractivity contribution is -0.131. The molecule has 0 unspecified atom stereocenters. The highest BCUT2D eigenvalue weighted by molar-refractivity contribution is 7.94. The van der Waals surface area contributed by atoms with Gasteiger partial charge in [-0.25, -0.2) is 13.2 Å². The molecule has 1 aliphatic rings. The summed E-state index contributed by atoms with van der Waals surface area (Å²) in [5.74, 6) is -1.25. The van der Waals surface area contributed by atoms with E-state index in [-0.39, 0.29) is 0 Å². The quantitative estimate of drug-likeness (QED) is 0.686. The van der Waals surface area contributed by atoms with Gasteiger partial charge in [0.15, 0.2) is 9.84 Å². The summed E-state index contributed by atoms with van der Waals surface area (Å²) in [5, 5.41) is 8.57. The molecule has 0 saturated carbocycles.